The maximum atomic E-state index is 13.4. The van der Waals surface area contributed by atoms with E-state index in [1.54, 1.807) is 7.05 Å². The predicted octanol–water partition coefficient (Wildman–Crippen LogP) is 1.13. The summed E-state index contributed by atoms with van der Waals surface area (Å²) in [7, 11) is 1.67. The fourth-order valence-corrected chi connectivity index (χ4v) is 2.08. The van der Waals surface area contributed by atoms with Gasteiger partial charge < -0.3 is 14.4 Å². The summed E-state index contributed by atoms with van der Waals surface area (Å²) in [5, 5.41) is 0. The smallest absolute Gasteiger partial charge is 0.260 e. The Kier molecular flexibility index (Phi) is 6.09. The molecule has 122 valence electrons. The Bertz CT molecular complexity index is 508. The van der Waals surface area contributed by atoms with Crippen molar-refractivity contribution in [1.29, 1.82) is 0 Å². The zero-order valence-corrected chi connectivity index (χ0v) is 12.6. The number of carbonyl (C=O) groups is 1. The summed E-state index contributed by atoms with van der Waals surface area (Å²) in [5.41, 5.74) is 0. The van der Waals surface area contributed by atoms with E-state index in [9.17, 15) is 13.6 Å². The van der Waals surface area contributed by atoms with Gasteiger partial charge >= 0.3 is 0 Å². The van der Waals surface area contributed by atoms with Crippen LogP contribution in [0.3, 0.4) is 0 Å². The lowest BCUT2D eigenvalue weighted by molar-refractivity contribution is -0.132. The number of benzene rings is 1. The van der Waals surface area contributed by atoms with E-state index in [0.717, 1.165) is 31.8 Å². The van der Waals surface area contributed by atoms with E-state index in [1.807, 2.05) is 0 Å². The third-order valence-corrected chi connectivity index (χ3v) is 3.53. The van der Waals surface area contributed by atoms with Gasteiger partial charge in [-0.2, -0.15) is 0 Å². The minimum absolute atomic E-state index is 0.128. The second-order valence-electron chi connectivity index (χ2n) is 5.13. The summed E-state index contributed by atoms with van der Waals surface area (Å²) in [4.78, 5) is 15.7. The first-order valence-electron chi connectivity index (χ1n) is 7.18. The molecule has 2 rings (SSSR count). The van der Waals surface area contributed by atoms with Crippen LogP contribution in [0.4, 0.5) is 8.78 Å². The number of hydrogen-bond acceptors (Lipinski definition) is 4. The molecule has 1 aliphatic rings. The van der Waals surface area contributed by atoms with Crippen LogP contribution in [-0.4, -0.2) is 68.8 Å². The van der Waals surface area contributed by atoms with Crippen LogP contribution in [-0.2, 0) is 9.53 Å². The Morgan fingerprint density at radius 3 is 2.77 bits per heavy atom. The Morgan fingerprint density at radius 2 is 2.09 bits per heavy atom. The van der Waals surface area contributed by atoms with Crippen molar-refractivity contribution in [3.63, 3.8) is 0 Å². The molecule has 22 heavy (non-hydrogen) atoms. The lowest BCUT2D eigenvalue weighted by atomic mass is 10.3. The fraction of sp³-hybridized carbons (Fsp3) is 0.533. The van der Waals surface area contributed by atoms with E-state index in [0.29, 0.717) is 19.8 Å². The minimum Gasteiger partial charge on any atom is -0.481 e. The van der Waals surface area contributed by atoms with Gasteiger partial charge in [-0.1, -0.05) is 0 Å². The zero-order chi connectivity index (χ0) is 15.9. The van der Waals surface area contributed by atoms with Gasteiger partial charge in [-0.25, -0.2) is 8.78 Å². The normalized spacial score (nSPS) is 15.6. The van der Waals surface area contributed by atoms with Gasteiger partial charge in [0.15, 0.2) is 18.2 Å². The largest absolute Gasteiger partial charge is 0.481 e. The van der Waals surface area contributed by atoms with Crippen molar-refractivity contribution in [2.45, 2.75) is 0 Å². The van der Waals surface area contributed by atoms with E-state index in [2.05, 4.69) is 4.90 Å². The number of nitrogens with zero attached hydrogens (tertiary/aromatic N) is 2. The van der Waals surface area contributed by atoms with Crippen LogP contribution in [0.15, 0.2) is 18.2 Å². The van der Waals surface area contributed by atoms with Crippen molar-refractivity contribution in [3.8, 4) is 5.75 Å². The van der Waals surface area contributed by atoms with Gasteiger partial charge in [0.05, 0.1) is 13.2 Å². The van der Waals surface area contributed by atoms with Crippen molar-refractivity contribution in [2.24, 2.45) is 0 Å². The van der Waals surface area contributed by atoms with Crippen molar-refractivity contribution >= 4 is 5.91 Å². The van der Waals surface area contributed by atoms with E-state index >= 15 is 0 Å². The highest BCUT2D eigenvalue weighted by Crippen LogP contribution is 2.17. The summed E-state index contributed by atoms with van der Waals surface area (Å²) in [6, 6.07) is 2.98. The van der Waals surface area contributed by atoms with E-state index < -0.39 is 11.6 Å². The van der Waals surface area contributed by atoms with Gasteiger partial charge in [0.2, 0.25) is 0 Å². The predicted molar refractivity (Wildman–Crippen MR) is 76.7 cm³/mol. The Morgan fingerprint density at radius 1 is 1.36 bits per heavy atom. The maximum Gasteiger partial charge on any atom is 0.260 e. The van der Waals surface area contributed by atoms with Crippen molar-refractivity contribution < 1.29 is 23.0 Å². The van der Waals surface area contributed by atoms with Crippen LogP contribution in [0.1, 0.15) is 0 Å². The summed E-state index contributed by atoms with van der Waals surface area (Å²) < 4.78 is 36.5. The lowest BCUT2D eigenvalue weighted by Crippen LogP contribution is -2.42. The number of amides is 1. The molecule has 5 nitrogen and oxygen atoms in total. The first kappa shape index (κ1) is 16.6. The average Bonchev–Trinajstić information content (AvgIpc) is 2.52. The topological polar surface area (TPSA) is 42.0 Å². The third kappa shape index (κ3) is 4.92. The van der Waals surface area contributed by atoms with Gasteiger partial charge in [0.1, 0.15) is 5.82 Å². The van der Waals surface area contributed by atoms with Crippen molar-refractivity contribution in [1.82, 2.24) is 9.80 Å². The maximum absolute atomic E-state index is 13.4. The SMILES string of the molecule is CN(CCN1CCOCC1)C(=O)COc1ccc(F)cc1F. The number of ether oxygens (including phenoxy) is 2. The Labute approximate surface area is 128 Å². The molecular formula is C15H20F2N2O3. The summed E-state index contributed by atoms with van der Waals surface area (Å²) >= 11 is 0. The van der Waals surface area contributed by atoms with E-state index in [-0.39, 0.29) is 18.3 Å². The van der Waals surface area contributed by atoms with E-state index in [1.165, 1.54) is 11.0 Å². The minimum atomic E-state index is -0.816. The number of halogens is 2. The standard InChI is InChI=1S/C15H20F2N2O3/c1-18(4-5-19-6-8-21-9-7-19)15(20)11-22-14-3-2-12(16)10-13(14)17/h2-3,10H,4-9,11H2,1H3. The quantitative estimate of drug-likeness (QED) is 0.789. The average molecular weight is 314 g/mol. The molecule has 1 heterocycles. The van der Waals surface area contributed by atoms with Gasteiger partial charge in [0, 0.05) is 39.3 Å². The highest BCUT2D eigenvalue weighted by atomic mass is 19.1. The second kappa shape index (κ2) is 8.05. The van der Waals surface area contributed by atoms with Crippen LogP contribution in [0.25, 0.3) is 0 Å². The van der Waals surface area contributed by atoms with Crippen molar-refractivity contribution in [3.05, 3.63) is 29.8 Å². The molecule has 0 atom stereocenters. The van der Waals surface area contributed by atoms with Gasteiger partial charge in [0.25, 0.3) is 5.91 Å². The molecule has 0 bridgehead atoms. The highest BCUT2D eigenvalue weighted by molar-refractivity contribution is 5.77. The molecule has 1 amide bonds. The van der Waals surface area contributed by atoms with Gasteiger partial charge in [-0.15, -0.1) is 0 Å². The first-order chi connectivity index (χ1) is 10.6. The Balaban J connectivity index is 1.73. The summed E-state index contributed by atoms with van der Waals surface area (Å²) in [5.74, 6) is -1.88. The molecule has 0 N–H and O–H groups in total. The Hall–Kier alpha value is -1.73. The number of rotatable bonds is 6. The highest BCUT2D eigenvalue weighted by Gasteiger charge is 2.15. The van der Waals surface area contributed by atoms with Crippen LogP contribution >= 0.6 is 0 Å². The third-order valence-electron chi connectivity index (χ3n) is 3.53. The lowest BCUT2D eigenvalue weighted by Gasteiger charge is -2.28. The van der Waals surface area contributed by atoms with Crippen molar-refractivity contribution in [2.75, 3.05) is 53.0 Å². The number of morpholine rings is 1. The molecule has 1 aromatic carbocycles. The van der Waals surface area contributed by atoms with Gasteiger partial charge in [-0.3, -0.25) is 9.69 Å². The number of carbonyl (C=O) groups excluding carboxylic acids is 1. The molecule has 7 heteroatoms. The molecule has 0 spiro atoms. The van der Waals surface area contributed by atoms with Crippen LogP contribution in [0.5, 0.6) is 5.75 Å². The molecular weight excluding hydrogens is 294 g/mol. The summed E-state index contributed by atoms with van der Waals surface area (Å²) in [6.45, 7) is 4.20. The van der Waals surface area contributed by atoms with E-state index in [4.69, 9.17) is 9.47 Å². The first-order valence-corrected chi connectivity index (χ1v) is 7.18. The molecule has 0 saturated carbocycles. The zero-order valence-electron chi connectivity index (χ0n) is 12.6. The molecule has 0 radical (unpaired) electrons. The molecule has 1 fully saturated rings. The number of likely N-dealkylation sites (N-methyl/N-ethyl adjacent to an activating group) is 1. The van der Waals surface area contributed by atoms with Crippen LogP contribution in [0, 0.1) is 11.6 Å². The fourth-order valence-electron chi connectivity index (χ4n) is 2.08. The van der Waals surface area contributed by atoms with Crippen LogP contribution < -0.4 is 4.74 Å². The molecule has 1 aliphatic heterocycles. The molecule has 1 aromatic rings. The van der Waals surface area contributed by atoms with Crippen LogP contribution in [0.2, 0.25) is 0 Å². The molecule has 0 aromatic heterocycles. The molecule has 1 saturated heterocycles. The number of hydrogen-bond donors (Lipinski definition) is 0. The monoisotopic (exact) mass is 314 g/mol. The van der Waals surface area contributed by atoms with Gasteiger partial charge in [-0.05, 0) is 12.1 Å². The second-order valence-corrected chi connectivity index (χ2v) is 5.13. The summed E-state index contributed by atoms with van der Waals surface area (Å²) in [6.07, 6.45) is 0. The molecule has 0 unspecified atom stereocenters. The molecule has 0 aliphatic carbocycles.